The Morgan fingerprint density at radius 2 is 1.69 bits per heavy atom. The Kier molecular flexibility index (Phi) is 11.8. The number of hydrogen-bond acceptors (Lipinski definition) is 7. The summed E-state index contributed by atoms with van der Waals surface area (Å²) in [6, 6.07) is 11.6. The summed E-state index contributed by atoms with van der Waals surface area (Å²) in [7, 11) is 3.19. The summed E-state index contributed by atoms with van der Waals surface area (Å²) in [6.07, 6.45) is 2.64. The van der Waals surface area contributed by atoms with Crippen molar-refractivity contribution < 1.29 is 33.4 Å². The van der Waals surface area contributed by atoms with Gasteiger partial charge in [-0.1, -0.05) is 43.3 Å². The summed E-state index contributed by atoms with van der Waals surface area (Å²) in [4.78, 5) is 49.7. The fourth-order valence-electron chi connectivity index (χ4n) is 4.91. The first-order valence-corrected chi connectivity index (χ1v) is 13.6. The first-order chi connectivity index (χ1) is 18.9. The molecule has 0 radical (unpaired) electrons. The average molecular weight is 538 g/mol. The molecule has 0 saturated heterocycles. The van der Waals surface area contributed by atoms with Crippen molar-refractivity contribution in [3.8, 4) is 11.1 Å². The van der Waals surface area contributed by atoms with Crippen molar-refractivity contribution in [1.29, 1.82) is 0 Å². The van der Waals surface area contributed by atoms with E-state index in [1.54, 1.807) is 21.1 Å². The normalized spacial score (nSPS) is 13.5. The molecule has 2 aromatic rings. The second-order valence-electron chi connectivity index (χ2n) is 9.71. The van der Waals surface area contributed by atoms with Crippen LogP contribution in [0.5, 0.6) is 0 Å². The molecule has 210 valence electrons. The average Bonchev–Trinajstić information content (AvgIpc) is 3.24. The van der Waals surface area contributed by atoms with Crippen molar-refractivity contribution in [2.45, 2.75) is 57.8 Å². The van der Waals surface area contributed by atoms with Crippen LogP contribution in [0, 0.1) is 0 Å². The van der Waals surface area contributed by atoms with Crippen LogP contribution in [0.3, 0.4) is 0 Å². The van der Waals surface area contributed by atoms with Crippen LogP contribution in [-0.2, 0) is 35.0 Å². The van der Waals surface area contributed by atoms with Crippen LogP contribution in [0.2, 0.25) is 0 Å². The highest BCUT2D eigenvalue weighted by Gasteiger charge is 2.33. The van der Waals surface area contributed by atoms with Gasteiger partial charge in [0.25, 0.3) is 0 Å². The summed E-state index contributed by atoms with van der Waals surface area (Å²) in [6.45, 7) is 3.35. The zero-order valence-corrected chi connectivity index (χ0v) is 23.2. The zero-order chi connectivity index (χ0) is 28.2. The molecule has 0 fully saturated rings. The highest BCUT2D eigenvalue weighted by molar-refractivity contribution is 6.04. The molecule has 3 rings (SSSR count). The van der Waals surface area contributed by atoms with Crippen molar-refractivity contribution in [3.63, 3.8) is 0 Å². The Labute approximate surface area is 230 Å². The van der Waals surface area contributed by atoms with Crippen molar-refractivity contribution in [3.05, 3.63) is 58.7 Å². The highest BCUT2D eigenvalue weighted by Crippen LogP contribution is 2.47. The van der Waals surface area contributed by atoms with E-state index in [-0.39, 0.29) is 48.8 Å². The standard InChI is InChI=1S/C31H39NO7/c1-4-30(36)39-20-27-23-9-6-10-25(28(34)11-7-16-37-2)31(23)24-14-13-21(19-26(24)27)18-22(33)8-5-12-29(35)32-15-17-38-3/h6,9-10,13-14,19,27H,4-5,7-8,11-12,15-18,20H2,1-3H3,(H,32,35). The van der Waals surface area contributed by atoms with Gasteiger partial charge < -0.3 is 19.5 Å². The predicted molar refractivity (Wildman–Crippen MR) is 148 cm³/mol. The molecule has 0 aliphatic heterocycles. The fraction of sp³-hybridized carbons (Fsp3) is 0.484. The lowest BCUT2D eigenvalue weighted by Crippen LogP contribution is -2.26. The Hall–Kier alpha value is -3.36. The number of hydrogen-bond donors (Lipinski definition) is 1. The summed E-state index contributed by atoms with van der Waals surface area (Å²) in [5, 5.41) is 2.76. The van der Waals surface area contributed by atoms with E-state index in [9.17, 15) is 19.2 Å². The SMILES string of the molecule is CCC(=O)OCC1c2cc(CC(=O)CCCC(=O)NCCOC)ccc2-c2c(C(=O)CCCOC)cccc21. The first-order valence-electron chi connectivity index (χ1n) is 13.6. The van der Waals surface area contributed by atoms with E-state index in [2.05, 4.69) is 5.32 Å². The molecule has 1 aliphatic rings. The lowest BCUT2D eigenvalue weighted by molar-refractivity contribution is -0.143. The molecular formula is C31H39NO7. The maximum atomic E-state index is 13.1. The van der Waals surface area contributed by atoms with Crippen LogP contribution in [0.4, 0.5) is 0 Å². The predicted octanol–water partition coefficient (Wildman–Crippen LogP) is 4.41. The minimum Gasteiger partial charge on any atom is -0.465 e. The number of rotatable bonds is 17. The molecule has 0 heterocycles. The van der Waals surface area contributed by atoms with Gasteiger partial charge in [-0.3, -0.25) is 19.2 Å². The lowest BCUT2D eigenvalue weighted by Gasteiger charge is -2.15. The first kappa shape index (κ1) is 30.2. The number of carbonyl (C=O) groups is 4. The Morgan fingerprint density at radius 1 is 0.897 bits per heavy atom. The summed E-state index contributed by atoms with van der Waals surface area (Å²) < 4.78 is 15.6. The van der Waals surface area contributed by atoms with E-state index in [0.717, 1.165) is 27.8 Å². The zero-order valence-electron chi connectivity index (χ0n) is 23.2. The van der Waals surface area contributed by atoms with E-state index in [1.165, 1.54) is 0 Å². The minimum atomic E-state index is -0.283. The number of fused-ring (bicyclic) bond motifs is 3. The van der Waals surface area contributed by atoms with Gasteiger partial charge in [0.1, 0.15) is 12.4 Å². The number of esters is 1. The quantitative estimate of drug-likeness (QED) is 0.181. The number of ether oxygens (including phenoxy) is 3. The Morgan fingerprint density at radius 3 is 2.44 bits per heavy atom. The van der Waals surface area contributed by atoms with E-state index >= 15 is 0 Å². The van der Waals surface area contributed by atoms with Gasteiger partial charge in [-0.25, -0.2) is 0 Å². The molecule has 1 aliphatic carbocycles. The van der Waals surface area contributed by atoms with E-state index < -0.39 is 0 Å². The van der Waals surface area contributed by atoms with Crippen LogP contribution >= 0.6 is 0 Å². The fourth-order valence-corrected chi connectivity index (χ4v) is 4.91. The number of Topliss-reactive ketones (excluding diaryl/α,β-unsaturated/α-hetero) is 2. The van der Waals surface area contributed by atoms with E-state index in [1.807, 2.05) is 36.4 Å². The van der Waals surface area contributed by atoms with Crippen LogP contribution < -0.4 is 5.32 Å². The van der Waals surface area contributed by atoms with Gasteiger partial charge >= 0.3 is 5.97 Å². The molecule has 8 heteroatoms. The number of amides is 1. The van der Waals surface area contributed by atoms with Gasteiger partial charge in [-0.05, 0) is 40.7 Å². The minimum absolute atomic E-state index is 0.0477. The molecule has 39 heavy (non-hydrogen) atoms. The van der Waals surface area contributed by atoms with Gasteiger partial charge in [-0.2, -0.15) is 0 Å². The van der Waals surface area contributed by atoms with Crippen molar-refractivity contribution in [2.24, 2.45) is 0 Å². The molecule has 1 unspecified atom stereocenters. The van der Waals surface area contributed by atoms with E-state index in [4.69, 9.17) is 14.2 Å². The maximum absolute atomic E-state index is 13.1. The molecule has 1 amide bonds. The topological polar surface area (TPSA) is 108 Å². The van der Waals surface area contributed by atoms with Crippen LogP contribution in [-0.4, -0.2) is 64.0 Å². The number of methoxy groups -OCH3 is 2. The molecule has 0 aromatic heterocycles. The lowest BCUT2D eigenvalue weighted by atomic mass is 9.93. The summed E-state index contributed by atoms with van der Waals surface area (Å²) >= 11 is 0. The van der Waals surface area contributed by atoms with Crippen molar-refractivity contribution in [1.82, 2.24) is 5.32 Å². The third kappa shape index (κ3) is 8.31. The third-order valence-corrected chi connectivity index (χ3v) is 6.87. The molecule has 1 atom stereocenters. The molecular weight excluding hydrogens is 498 g/mol. The molecule has 0 spiro atoms. The monoisotopic (exact) mass is 537 g/mol. The second-order valence-corrected chi connectivity index (χ2v) is 9.71. The second kappa shape index (κ2) is 15.3. The largest absolute Gasteiger partial charge is 0.465 e. The molecule has 0 saturated carbocycles. The number of carbonyl (C=O) groups excluding carboxylic acids is 4. The van der Waals surface area contributed by atoms with Gasteiger partial charge in [0.05, 0.1) is 6.61 Å². The molecule has 8 nitrogen and oxygen atoms in total. The number of nitrogens with one attached hydrogen (secondary N) is 1. The van der Waals surface area contributed by atoms with Crippen LogP contribution in [0.25, 0.3) is 11.1 Å². The number of ketones is 2. The van der Waals surface area contributed by atoms with Crippen LogP contribution in [0.1, 0.15) is 78.4 Å². The molecule has 1 N–H and O–H groups in total. The molecule has 0 bridgehead atoms. The third-order valence-electron chi connectivity index (χ3n) is 6.87. The summed E-state index contributed by atoms with van der Waals surface area (Å²) in [5.74, 6) is -0.491. The van der Waals surface area contributed by atoms with Crippen molar-refractivity contribution in [2.75, 3.05) is 40.6 Å². The van der Waals surface area contributed by atoms with Gasteiger partial charge in [0, 0.05) is 71.0 Å². The Balaban J connectivity index is 1.77. The Bertz CT molecular complexity index is 1170. The van der Waals surface area contributed by atoms with Crippen molar-refractivity contribution >= 4 is 23.4 Å². The maximum Gasteiger partial charge on any atom is 0.305 e. The smallest absolute Gasteiger partial charge is 0.305 e. The summed E-state index contributed by atoms with van der Waals surface area (Å²) in [5.41, 5.74) is 5.23. The highest BCUT2D eigenvalue weighted by atomic mass is 16.5. The van der Waals surface area contributed by atoms with Gasteiger partial charge in [0.2, 0.25) is 5.91 Å². The van der Waals surface area contributed by atoms with Crippen LogP contribution in [0.15, 0.2) is 36.4 Å². The number of benzene rings is 2. The van der Waals surface area contributed by atoms with Gasteiger partial charge in [0.15, 0.2) is 5.78 Å². The van der Waals surface area contributed by atoms with Gasteiger partial charge in [-0.15, -0.1) is 0 Å². The van der Waals surface area contributed by atoms with E-state index in [0.29, 0.717) is 57.4 Å². The molecule has 2 aromatic carbocycles.